The second kappa shape index (κ2) is 9.30. The Balaban J connectivity index is 1.32. The highest BCUT2D eigenvalue weighted by Crippen LogP contribution is 2.39. The van der Waals surface area contributed by atoms with Gasteiger partial charge in [0.25, 0.3) is 0 Å². The van der Waals surface area contributed by atoms with Crippen LogP contribution in [0.5, 0.6) is 0 Å². The van der Waals surface area contributed by atoms with E-state index in [0.717, 1.165) is 50.9 Å². The molecule has 7 heteroatoms. The first-order chi connectivity index (χ1) is 14.5. The van der Waals surface area contributed by atoms with E-state index in [1.807, 2.05) is 0 Å². The number of hydrogen-bond donors (Lipinski definition) is 1. The Labute approximate surface area is 178 Å². The molecular formula is C23H33FN2O4. The predicted molar refractivity (Wildman–Crippen MR) is 110 cm³/mol. The number of rotatable bonds is 7. The monoisotopic (exact) mass is 420 g/mol. The molecule has 4 rings (SSSR count). The number of nitrogens with zero attached hydrogens (tertiary/aromatic N) is 1. The zero-order valence-corrected chi connectivity index (χ0v) is 17.9. The summed E-state index contributed by atoms with van der Waals surface area (Å²) in [5.41, 5.74) is 0.887. The van der Waals surface area contributed by atoms with Crippen LogP contribution in [0.15, 0.2) is 24.3 Å². The third-order valence-electron chi connectivity index (χ3n) is 6.90. The van der Waals surface area contributed by atoms with Gasteiger partial charge in [0.05, 0.1) is 25.4 Å². The molecule has 30 heavy (non-hydrogen) atoms. The van der Waals surface area contributed by atoms with Gasteiger partial charge in [0.15, 0.2) is 5.79 Å². The third kappa shape index (κ3) is 4.69. The Kier molecular flexibility index (Phi) is 6.72. The lowest BCUT2D eigenvalue weighted by Crippen LogP contribution is -2.49. The first-order valence-corrected chi connectivity index (χ1v) is 11.1. The van der Waals surface area contributed by atoms with Crippen LogP contribution in [0, 0.1) is 17.7 Å². The van der Waals surface area contributed by atoms with Crippen LogP contribution < -0.4 is 5.32 Å². The quantitative estimate of drug-likeness (QED) is 0.735. The van der Waals surface area contributed by atoms with Crippen LogP contribution in [0.3, 0.4) is 0 Å². The van der Waals surface area contributed by atoms with Gasteiger partial charge in [-0.15, -0.1) is 0 Å². The summed E-state index contributed by atoms with van der Waals surface area (Å²) < 4.78 is 31.0. The number of carbonyl (C=O) groups is 1. The highest BCUT2D eigenvalue weighted by Gasteiger charge is 2.43. The molecule has 2 heterocycles. The van der Waals surface area contributed by atoms with E-state index in [9.17, 15) is 9.18 Å². The standard InChI is InChI=1S/C23H33FN2O4/c1-16(27)25-21-12-17-14-26(15-18(17)13-22(21)28-2)9-3-8-23(29-10-11-30-23)19-4-6-20(24)7-5-19/h4-7,17-18,21-22H,3,8-15H2,1-2H3,(H,25,27)/t17-,18+,21-,22-/m1/s1. The van der Waals surface area contributed by atoms with Crippen molar-refractivity contribution in [2.24, 2.45) is 11.8 Å². The molecule has 0 aromatic heterocycles. The number of amides is 1. The van der Waals surface area contributed by atoms with Gasteiger partial charge in [0, 0.05) is 39.1 Å². The summed E-state index contributed by atoms with van der Waals surface area (Å²) >= 11 is 0. The molecule has 1 aromatic carbocycles. The molecule has 1 amide bonds. The van der Waals surface area contributed by atoms with Crippen LogP contribution in [0.4, 0.5) is 4.39 Å². The maximum absolute atomic E-state index is 13.3. The Morgan fingerprint density at radius 1 is 1.20 bits per heavy atom. The molecule has 1 N–H and O–H groups in total. The first kappa shape index (κ1) is 21.7. The summed E-state index contributed by atoms with van der Waals surface area (Å²) in [6, 6.07) is 6.56. The first-order valence-electron chi connectivity index (χ1n) is 11.1. The number of carbonyl (C=O) groups excluding carboxylic acids is 1. The molecule has 3 fully saturated rings. The van der Waals surface area contributed by atoms with Crippen molar-refractivity contribution in [3.63, 3.8) is 0 Å². The van der Waals surface area contributed by atoms with Crippen molar-refractivity contribution in [3.8, 4) is 0 Å². The van der Waals surface area contributed by atoms with Crippen molar-refractivity contribution in [2.45, 2.75) is 50.5 Å². The van der Waals surface area contributed by atoms with Gasteiger partial charge in [0.2, 0.25) is 5.91 Å². The van der Waals surface area contributed by atoms with Gasteiger partial charge in [-0.3, -0.25) is 4.79 Å². The topological polar surface area (TPSA) is 60.0 Å². The van der Waals surface area contributed by atoms with Gasteiger partial charge in [-0.2, -0.15) is 0 Å². The Morgan fingerprint density at radius 2 is 1.87 bits per heavy atom. The highest BCUT2D eigenvalue weighted by molar-refractivity contribution is 5.73. The molecule has 0 spiro atoms. The molecule has 1 aliphatic carbocycles. The van der Waals surface area contributed by atoms with Crippen molar-refractivity contribution >= 4 is 5.91 Å². The molecule has 2 saturated heterocycles. The lowest BCUT2D eigenvalue weighted by Gasteiger charge is -2.37. The fourth-order valence-electron chi connectivity index (χ4n) is 5.52. The van der Waals surface area contributed by atoms with Crippen molar-refractivity contribution in [3.05, 3.63) is 35.6 Å². The molecule has 0 unspecified atom stereocenters. The molecule has 1 aromatic rings. The largest absolute Gasteiger partial charge is 0.379 e. The molecular weight excluding hydrogens is 387 g/mol. The van der Waals surface area contributed by atoms with Crippen molar-refractivity contribution in [2.75, 3.05) is 40.0 Å². The van der Waals surface area contributed by atoms with Gasteiger partial charge in [-0.05, 0) is 49.8 Å². The second-order valence-corrected chi connectivity index (χ2v) is 8.89. The Morgan fingerprint density at radius 3 is 2.50 bits per heavy atom. The predicted octanol–water partition coefficient (Wildman–Crippen LogP) is 2.67. The van der Waals surface area contributed by atoms with E-state index in [1.165, 1.54) is 12.1 Å². The van der Waals surface area contributed by atoms with E-state index < -0.39 is 5.79 Å². The second-order valence-electron chi connectivity index (χ2n) is 8.89. The maximum atomic E-state index is 13.3. The van der Waals surface area contributed by atoms with E-state index in [1.54, 1.807) is 26.2 Å². The van der Waals surface area contributed by atoms with Crippen LogP contribution in [0.2, 0.25) is 0 Å². The molecule has 1 saturated carbocycles. The average molecular weight is 421 g/mol. The SMILES string of the molecule is CO[C@@H]1C[C@H]2CN(CCCC3(c4ccc(F)cc4)OCCO3)C[C@H]2C[C@H]1NC(C)=O. The van der Waals surface area contributed by atoms with Gasteiger partial charge in [-0.1, -0.05) is 12.1 Å². The number of ether oxygens (including phenoxy) is 3. The van der Waals surface area contributed by atoms with Gasteiger partial charge < -0.3 is 24.4 Å². The summed E-state index contributed by atoms with van der Waals surface area (Å²) in [6.45, 7) is 5.81. The highest BCUT2D eigenvalue weighted by atomic mass is 19.1. The van der Waals surface area contributed by atoms with E-state index >= 15 is 0 Å². The van der Waals surface area contributed by atoms with Crippen LogP contribution in [-0.2, 0) is 24.8 Å². The molecule has 166 valence electrons. The average Bonchev–Trinajstić information content (AvgIpc) is 3.34. The molecule has 6 nitrogen and oxygen atoms in total. The fourth-order valence-corrected chi connectivity index (χ4v) is 5.52. The molecule has 3 aliphatic rings. The smallest absolute Gasteiger partial charge is 0.217 e. The summed E-state index contributed by atoms with van der Waals surface area (Å²) in [5, 5.41) is 3.08. The van der Waals surface area contributed by atoms with Crippen LogP contribution >= 0.6 is 0 Å². The summed E-state index contributed by atoms with van der Waals surface area (Å²) in [7, 11) is 1.74. The summed E-state index contributed by atoms with van der Waals surface area (Å²) in [4.78, 5) is 14.1. The van der Waals surface area contributed by atoms with Gasteiger partial charge in [-0.25, -0.2) is 4.39 Å². The lowest BCUT2D eigenvalue weighted by molar-refractivity contribution is -0.172. The maximum Gasteiger partial charge on any atom is 0.217 e. The minimum absolute atomic E-state index is 0.0120. The molecule has 2 aliphatic heterocycles. The lowest BCUT2D eigenvalue weighted by atomic mass is 9.77. The van der Waals surface area contributed by atoms with Crippen molar-refractivity contribution in [1.29, 1.82) is 0 Å². The summed E-state index contributed by atoms with van der Waals surface area (Å²) in [5.74, 6) is 0.220. The summed E-state index contributed by atoms with van der Waals surface area (Å²) in [6.07, 6.45) is 3.76. The molecule has 0 radical (unpaired) electrons. The minimum atomic E-state index is -0.752. The number of likely N-dealkylation sites (tertiary alicyclic amines) is 1. The van der Waals surface area contributed by atoms with Crippen molar-refractivity contribution in [1.82, 2.24) is 10.2 Å². The number of hydrogen-bond acceptors (Lipinski definition) is 5. The van der Waals surface area contributed by atoms with E-state index in [4.69, 9.17) is 14.2 Å². The minimum Gasteiger partial charge on any atom is -0.379 e. The number of nitrogens with one attached hydrogen (secondary N) is 1. The Bertz CT molecular complexity index is 722. The van der Waals surface area contributed by atoms with Crippen molar-refractivity contribution < 1.29 is 23.4 Å². The number of benzene rings is 1. The number of methoxy groups -OCH3 is 1. The Hall–Kier alpha value is -1.54. The van der Waals surface area contributed by atoms with Crippen LogP contribution in [0.1, 0.15) is 38.2 Å². The van der Waals surface area contributed by atoms with Gasteiger partial charge in [0.1, 0.15) is 5.82 Å². The van der Waals surface area contributed by atoms with E-state index in [-0.39, 0.29) is 23.9 Å². The van der Waals surface area contributed by atoms with E-state index in [2.05, 4.69) is 10.2 Å². The number of halogens is 1. The zero-order chi connectivity index (χ0) is 21.1. The molecule has 0 bridgehead atoms. The third-order valence-corrected chi connectivity index (χ3v) is 6.90. The van der Waals surface area contributed by atoms with Crippen LogP contribution in [0.25, 0.3) is 0 Å². The van der Waals surface area contributed by atoms with Crippen LogP contribution in [-0.4, -0.2) is 62.9 Å². The number of fused-ring (bicyclic) bond motifs is 1. The fraction of sp³-hybridized carbons (Fsp3) is 0.696. The normalized spacial score (nSPS) is 30.9. The van der Waals surface area contributed by atoms with Gasteiger partial charge >= 0.3 is 0 Å². The zero-order valence-electron chi connectivity index (χ0n) is 17.9. The molecule has 4 atom stereocenters. The van der Waals surface area contributed by atoms with E-state index in [0.29, 0.717) is 25.0 Å².